The smallest absolute Gasteiger partial charge is 0.147 e. The summed E-state index contributed by atoms with van der Waals surface area (Å²) in [5.74, 6) is 0.241. The van der Waals surface area contributed by atoms with Crippen molar-refractivity contribution in [3.8, 4) is 0 Å². The van der Waals surface area contributed by atoms with Gasteiger partial charge in [0, 0.05) is 26.0 Å². The van der Waals surface area contributed by atoms with E-state index in [0.717, 1.165) is 12.2 Å². The van der Waals surface area contributed by atoms with Crippen molar-refractivity contribution in [2.45, 2.75) is 13.0 Å². The van der Waals surface area contributed by atoms with Crippen molar-refractivity contribution < 1.29 is 8.42 Å². The minimum atomic E-state index is -2.82. The molecule has 0 saturated heterocycles. The molecule has 0 atom stereocenters. The van der Waals surface area contributed by atoms with Crippen LogP contribution in [0.2, 0.25) is 0 Å². The molecule has 0 fully saturated rings. The number of nitrogens with one attached hydrogen (secondary N) is 1. The van der Waals surface area contributed by atoms with Gasteiger partial charge in [0.2, 0.25) is 0 Å². The third-order valence-electron chi connectivity index (χ3n) is 2.10. The van der Waals surface area contributed by atoms with Crippen LogP contribution in [0.4, 0.5) is 0 Å². The zero-order chi connectivity index (χ0) is 11.3. The Kier molecular flexibility index (Phi) is 4.28. The maximum atomic E-state index is 10.8. The predicted molar refractivity (Wildman–Crippen MR) is 59.2 cm³/mol. The Bertz CT molecular complexity index is 397. The Balaban J connectivity index is 2.15. The van der Waals surface area contributed by atoms with Crippen molar-refractivity contribution in [3.05, 3.63) is 18.0 Å². The van der Waals surface area contributed by atoms with E-state index in [0.29, 0.717) is 13.0 Å². The lowest BCUT2D eigenvalue weighted by Crippen LogP contribution is -2.19. The molecule has 1 aromatic rings. The second-order valence-electron chi connectivity index (χ2n) is 3.61. The molecule has 0 spiro atoms. The molecule has 0 aromatic carbocycles. The lowest BCUT2D eigenvalue weighted by molar-refractivity contribution is 0.589. The average molecular weight is 231 g/mol. The molecule has 0 unspecified atom stereocenters. The number of rotatable bonds is 6. The molecular weight excluding hydrogens is 214 g/mol. The molecule has 15 heavy (non-hydrogen) atoms. The van der Waals surface area contributed by atoms with E-state index in [1.54, 1.807) is 10.9 Å². The lowest BCUT2D eigenvalue weighted by Gasteiger charge is -2.04. The van der Waals surface area contributed by atoms with E-state index in [1.165, 1.54) is 6.26 Å². The van der Waals surface area contributed by atoms with E-state index in [-0.39, 0.29) is 5.75 Å². The summed E-state index contributed by atoms with van der Waals surface area (Å²) in [6.07, 6.45) is 3.65. The summed E-state index contributed by atoms with van der Waals surface area (Å²) in [5, 5.41) is 7.21. The Hall–Kier alpha value is -0.880. The molecular formula is C9H17N3O2S. The van der Waals surface area contributed by atoms with Crippen LogP contribution < -0.4 is 5.32 Å². The maximum absolute atomic E-state index is 10.8. The number of aromatic nitrogens is 2. The molecule has 1 aromatic heterocycles. The van der Waals surface area contributed by atoms with Gasteiger partial charge in [0.05, 0.1) is 11.4 Å². The van der Waals surface area contributed by atoms with Gasteiger partial charge in [-0.3, -0.25) is 4.68 Å². The fourth-order valence-electron chi connectivity index (χ4n) is 1.25. The molecule has 0 aliphatic carbocycles. The third-order valence-corrected chi connectivity index (χ3v) is 3.13. The zero-order valence-electron chi connectivity index (χ0n) is 9.10. The van der Waals surface area contributed by atoms with E-state index < -0.39 is 9.84 Å². The first-order valence-corrected chi connectivity index (χ1v) is 6.90. The minimum absolute atomic E-state index is 0.241. The summed E-state index contributed by atoms with van der Waals surface area (Å²) >= 11 is 0. The molecule has 1 rings (SSSR count). The summed E-state index contributed by atoms with van der Waals surface area (Å²) in [4.78, 5) is 0. The summed E-state index contributed by atoms with van der Waals surface area (Å²) in [5.41, 5.74) is 1.09. The number of hydrogen-bond donors (Lipinski definition) is 1. The monoisotopic (exact) mass is 231 g/mol. The highest BCUT2D eigenvalue weighted by atomic mass is 32.2. The predicted octanol–water partition coefficient (Wildman–Crippen LogP) is -0.0556. The highest BCUT2D eigenvalue weighted by Gasteiger charge is 2.01. The highest BCUT2D eigenvalue weighted by molar-refractivity contribution is 7.90. The van der Waals surface area contributed by atoms with Gasteiger partial charge < -0.3 is 5.32 Å². The van der Waals surface area contributed by atoms with Gasteiger partial charge in [0.25, 0.3) is 0 Å². The van der Waals surface area contributed by atoms with E-state index in [4.69, 9.17) is 0 Å². The number of aryl methyl sites for hydroxylation is 1. The SMILES string of the molecule is Cn1nccc1CNCCCS(C)(=O)=O. The molecule has 0 aliphatic heterocycles. The van der Waals surface area contributed by atoms with Crippen LogP contribution in [-0.2, 0) is 23.4 Å². The van der Waals surface area contributed by atoms with E-state index in [2.05, 4.69) is 10.4 Å². The van der Waals surface area contributed by atoms with Crippen LogP contribution in [0.1, 0.15) is 12.1 Å². The van der Waals surface area contributed by atoms with Gasteiger partial charge >= 0.3 is 0 Å². The summed E-state index contributed by atoms with van der Waals surface area (Å²) in [6, 6.07) is 1.93. The number of sulfone groups is 1. The van der Waals surface area contributed by atoms with Gasteiger partial charge in [-0.25, -0.2) is 8.42 Å². The second-order valence-corrected chi connectivity index (χ2v) is 5.87. The minimum Gasteiger partial charge on any atom is -0.311 e. The summed E-state index contributed by atoms with van der Waals surface area (Å²) in [7, 11) is -0.942. The van der Waals surface area contributed by atoms with E-state index in [1.807, 2.05) is 13.1 Å². The first-order valence-electron chi connectivity index (χ1n) is 4.84. The third kappa shape index (κ3) is 4.94. The Morgan fingerprint density at radius 2 is 2.27 bits per heavy atom. The van der Waals surface area contributed by atoms with Gasteiger partial charge in [-0.2, -0.15) is 5.10 Å². The molecule has 0 aliphatic rings. The van der Waals surface area contributed by atoms with Crippen LogP contribution in [0.15, 0.2) is 12.3 Å². The normalized spacial score (nSPS) is 11.9. The lowest BCUT2D eigenvalue weighted by atomic mass is 10.4. The van der Waals surface area contributed by atoms with Gasteiger partial charge in [0.1, 0.15) is 9.84 Å². The van der Waals surface area contributed by atoms with Crippen LogP contribution in [0.25, 0.3) is 0 Å². The molecule has 0 bridgehead atoms. The fourth-order valence-corrected chi connectivity index (χ4v) is 1.92. The van der Waals surface area contributed by atoms with Crippen molar-refractivity contribution in [3.63, 3.8) is 0 Å². The van der Waals surface area contributed by atoms with E-state index >= 15 is 0 Å². The Labute approximate surface area is 90.4 Å². The molecule has 0 radical (unpaired) electrons. The largest absolute Gasteiger partial charge is 0.311 e. The first-order chi connectivity index (χ1) is 6.99. The number of hydrogen-bond acceptors (Lipinski definition) is 4. The molecule has 0 saturated carbocycles. The Morgan fingerprint density at radius 1 is 1.53 bits per heavy atom. The van der Waals surface area contributed by atoms with Crippen LogP contribution >= 0.6 is 0 Å². The second kappa shape index (κ2) is 5.27. The van der Waals surface area contributed by atoms with Crippen molar-refractivity contribution in [1.82, 2.24) is 15.1 Å². The summed E-state index contributed by atoms with van der Waals surface area (Å²) in [6.45, 7) is 1.43. The zero-order valence-corrected chi connectivity index (χ0v) is 9.92. The van der Waals surface area contributed by atoms with Crippen LogP contribution in [0, 0.1) is 0 Å². The highest BCUT2D eigenvalue weighted by Crippen LogP contribution is 1.95. The van der Waals surface area contributed by atoms with Crippen molar-refractivity contribution in [1.29, 1.82) is 0 Å². The van der Waals surface area contributed by atoms with Crippen molar-refractivity contribution >= 4 is 9.84 Å². The maximum Gasteiger partial charge on any atom is 0.147 e. The molecule has 6 heteroatoms. The topological polar surface area (TPSA) is 64.0 Å². The van der Waals surface area contributed by atoms with Crippen LogP contribution in [0.5, 0.6) is 0 Å². The van der Waals surface area contributed by atoms with Gasteiger partial charge in [-0.15, -0.1) is 0 Å². The van der Waals surface area contributed by atoms with Gasteiger partial charge in [-0.05, 0) is 19.0 Å². The summed E-state index contributed by atoms with van der Waals surface area (Å²) < 4.78 is 23.5. The van der Waals surface area contributed by atoms with Crippen LogP contribution in [-0.4, -0.2) is 36.8 Å². The van der Waals surface area contributed by atoms with Crippen molar-refractivity contribution in [2.75, 3.05) is 18.6 Å². The van der Waals surface area contributed by atoms with Crippen LogP contribution in [0.3, 0.4) is 0 Å². The quantitative estimate of drug-likeness (QED) is 0.697. The van der Waals surface area contributed by atoms with Gasteiger partial charge in [-0.1, -0.05) is 0 Å². The standard InChI is InChI=1S/C9H17N3O2S/c1-12-9(4-6-11-12)8-10-5-3-7-15(2,13)14/h4,6,10H,3,5,7-8H2,1-2H3. The molecule has 1 heterocycles. The average Bonchev–Trinajstić information content (AvgIpc) is 2.49. The fraction of sp³-hybridized carbons (Fsp3) is 0.667. The molecule has 86 valence electrons. The number of nitrogens with zero attached hydrogens (tertiary/aromatic N) is 2. The molecule has 5 nitrogen and oxygen atoms in total. The first kappa shape index (κ1) is 12.2. The molecule has 1 N–H and O–H groups in total. The van der Waals surface area contributed by atoms with Gasteiger partial charge in [0.15, 0.2) is 0 Å². The molecule has 0 amide bonds. The van der Waals surface area contributed by atoms with E-state index in [9.17, 15) is 8.42 Å². The van der Waals surface area contributed by atoms with Crippen molar-refractivity contribution in [2.24, 2.45) is 7.05 Å². The Morgan fingerprint density at radius 3 is 2.80 bits per heavy atom.